The van der Waals surface area contributed by atoms with Gasteiger partial charge in [-0.1, -0.05) is 18.2 Å². The number of rotatable bonds is 5. The third-order valence-electron chi connectivity index (χ3n) is 6.29. The molecule has 32 heavy (non-hydrogen) atoms. The molecule has 0 N–H and O–H groups in total. The Morgan fingerprint density at radius 3 is 2.44 bits per heavy atom. The van der Waals surface area contributed by atoms with Crippen LogP contribution in [0.3, 0.4) is 0 Å². The lowest BCUT2D eigenvalue weighted by Crippen LogP contribution is -2.50. The summed E-state index contributed by atoms with van der Waals surface area (Å²) in [6, 6.07) is 12.2. The van der Waals surface area contributed by atoms with Crippen LogP contribution in [-0.2, 0) is 4.79 Å². The Bertz CT molecular complexity index is 1150. The molecule has 0 aliphatic carbocycles. The van der Waals surface area contributed by atoms with Crippen LogP contribution in [0, 0.1) is 27.7 Å². The van der Waals surface area contributed by atoms with Gasteiger partial charge in [0.25, 0.3) is 5.91 Å². The van der Waals surface area contributed by atoms with E-state index in [1.807, 2.05) is 36.9 Å². The zero-order valence-corrected chi connectivity index (χ0v) is 19.6. The summed E-state index contributed by atoms with van der Waals surface area (Å²) in [5, 5.41) is 1.10. The van der Waals surface area contributed by atoms with Gasteiger partial charge in [0.05, 0.1) is 7.11 Å². The Morgan fingerprint density at radius 2 is 1.72 bits per heavy atom. The number of aryl methyl sites for hydroxylation is 3. The second-order valence-corrected chi connectivity index (χ2v) is 8.52. The number of anilines is 1. The predicted octanol–water partition coefficient (Wildman–Crippen LogP) is 4.20. The predicted molar refractivity (Wildman–Crippen MR) is 128 cm³/mol. The molecule has 0 atom stereocenters. The van der Waals surface area contributed by atoms with Crippen molar-refractivity contribution in [1.29, 1.82) is 0 Å². The van der Waals surface area contributed by atoms with Gasteiger partial charge in [0.15, 0.2) is 6.61 Å². The summed E-state index contributed by atoms with van der Waals surface area (Å²) in [6.07, 6.45) is 0. The molecule has 1 fully saturated rings. The maximum Gasteiger partial charge on any atom is 0.260 e. The minimum atomic E-state index is 0.0209. The van der Waals surface area contributed by atoms with Crippen LogP contribution in [0.15, 0.2) is 36.4 Å². The maximum atomic E-state index is 12.8. The van der Waals surface area contributed by atoms with Gasteiger partial charge in [0, 0.05) is 31.6 Å². The first-order valence-corrected chi connectivity index (χ1v) is 11.0. The average molecular weight is 434 g/mol. The topological polar surface area (TPSA) is 54.9 Å². The summed E-state index contributed by atoms with van der Waals surface area (Å²) >= 11 is 0. The van der Waals surface area contributed by atoms with Gasteiger partial charge in [0.2, 0.25) is 0 Å². The van der Waals surface area contributed by atoms with E-state index in [0.717, 1.165) is 52.4 Å². The van der Waals surface area contributed by atoms with E-state index < -0.39 is 0 Å². The number of benzene rings is 2. The molecule has 1 amide bonds. The number of carbonyl (C=O) groups is 1. The Balaban J connectivity index is 1.40. The molecule has 3 aromatic rings. The molecular formula is C26H31N3O3. The van der Waals surface area contributed by atoms with Crippen molar-refractivity contribution in [2.45, 2.75) is 27.7 Å². The summed E-state index contributed by atoms with van der Waals surface area (Å²) in [4.78, 5) is 21.7. The fraction of sp³-hybridized carbons (Fsp3) is 0.385. The van der Waals surface area contributed by atoms with E-state index in [-0.39, 0.29) is 12.5 Å². The number of para-hydroxylation sites is 1. The molecule has 1 aliphatic rings. The van der Waals surface area contributed by atoms with Crippen molar-refractivity contribution in [2.75, 3.05) is 44.8 Å². The summed E-state index contributed by atoms with van der Waals surface area (Å²) in [6.45, 7) is 11.1. The highest BCUT2D eigenvalue weighted by atomic mass is 16.5. The smallest absolute Gasteiger partial charge is 0.260 e. The molecule has 168 valence electrons. The Hall–Kier alpha value is -3.28. The van der Waals surface area contributed by atoms with E-state index in [1.54, 1.807) is 7.11 Å². The normalized spacial score (nSPS) is 14.0. The van der Waals surface area contributed by atoms with Gasteiger partial charge >= 0.3 is 0 Å². The third kappa shape index (κ3) is 4.35. The van der Waals surface area contributed by atoms with Crippen LogP contribution in [0.4, 0.5) is 5.82 Å². The number of aromatic nitrogens is 1. The maximum absolute atomic E-state index is 12.8. The Kier molecular flexibility index (Phi) is 6.21. The van der Waals surface area contributed by atoms with Gasteiger partial charge in [0.1, 0.15) is 22.8 Å². The number of nitrogens with zero attached hydrogens (tertiary/aromatic N) is 3. The second-order valence-electron chi connectivity index (χ2n) is 8.52. The molecule has 0 radical (unpaired) electrons. The minimum Gasteiger partial charge on any atom is -0.494 e. The molecule has 6 nitrogen and oxygen atoms in total. The van der Waals surface area contributed by atoms with E-state index in [0.29, 0.717) is 13.1 Å². The lowest BCUT2D eigenvalue weighted by atomic mass is 10.1. The van der Waals surface area contributed by atoms with E-state index >= 15 is 0 Å². The first-order valence-electron chi connectivity index (χ1n) is 11.0. The van der Waals surface area contributed by atoms with Crippen molar-refractivity contribution in [3.63, 3.8) is 0 Å². The molecular weight excluding hydrogens is 402 g/mol. The largest absolute Gasteiger partial charge is 0.494 e. The first-order chi connectivity index (χ1) is 15.4. The quantitative estimate of drug-likeness (QED) is 0.604. The van der Waals surface area contributed by atoms with Crippen molar-refractivity contribution in [1.82, 2.24) is 9.88 Å². The number of piperazine rings is 1. The van der Waals surface area contributed by atoms with Crippen LogP contribution in [0.5, 0.6) is 11.5 Å². The fourth-order valence-corrected chi connectivity index (χ4v) is 4.27. The van der Waals surface area contributed by atoms with Crippen LogP contribution >= 0.6 is 0 Å². The standard InChI is InChI=1S/C26H31N3O3/c1-17-13-18(2)20(4)23(14-17)32-16-25(30)29-11-9-28(10-12-29)24-15-19(3)21-7-6-8-22(31-5)26(21)27-24/h6-8,13-15H,9-12,16H2,1-5H3. The highest BCUT2D eigenvalue weighted by Crippen LogP contribution is 2.29. The van der Waals surface area contributed by atoms with Crippen LogP contribution in [0.2, 0.25) is 0 Å². The highest BCUT2D eigenvalue weighted by Gasteiger charge is 2.23. The molecule has 1 aromatic heterocycles. The molecule has 0 unspecified atom stereocenters. The SMILES string of the molecule is COc1cccc2c(C)cc(N3CCN(C(=O)COc4cc(C)cc(C)c4C)CC3)nc12. The summed E-state index contributed by atoms with van der Waals surface area (Å²) in [5.41, 5.74) is 5.44. The lowest BCUT2D eigenvalue weighted by molar-refractivity contribution is -0.133. The molecule has 0 bridgehead atoms. The third-order valence-corrected chi connectivity index (χ3v) is 6.29. The zero-order chi connectivity index (χ0) is 22.8. The van der Waals surface area contributed by atoms with Crippen LogP contribution in [0.25, 0.3) is 10.9 Å². The second kappa shape index (κ2) is 9.07. The number of hydrogen-bond acceptors (Lipinski definition) is 5. The molecule has 4 rings (SSSR count). The summed E-state index contributed by atoms with van der Waals surface area (Å²) < 4.78 is 11.4. The number of carbonyl (C=O) groups excluding carboxylic acids is 1. The number of fused-ring (bicyclic) bond motifs is 1. The molecule has 1 aliphatic heterocycles. The Morgan fingerprint density at radius 1 is 0.969 bits per heavy atom. The van der Waals surface area contributed by atoms with E-state index in [4.69, 9.17) is 14.5 Å². The van der Waals surface area contributed by atoms with Crippen molar-refractivity contribution < 1.29 is 14.3 Å². The van der Waals surface area contributed by atoms with E-state index in [9.17, 15) is 4.79 Å². The van der Waals surface area contributed by atoms with Crippen molar-refractivity contribution in [3.8, 4) is 11.5 Å². The molecule has 2 heterocycles. The van der Waals surface area contributed by atoms with Gasteiger partial charge < -0.3 is 19.3 Å². The monoisotopic (exact) mass is 433 g/mol. The average Bonchev–Trinajstić information content (AvgIpc) is 2.80. The first kappa shape index (κ1) is 21.9. The van der Waals surface area contributed by atoms with E-state index in [1.165, 1.54) is 11.1 Å². The van der Waals surface area contributed by atoms with Gasteiger partial charge in [-0.2, -0.15) is 0 Å². The molecule has 0 spiro atoms. The summed E-state index contributed by atoms with van der Waals surface area (Å²) in [5.74, 6) is 2.51. The van der Waals surface area contributed by atoms with Crippen LogP contribution < -0.4 is 14.4 Å². The zero-order valence-electron chi connectivity index (χ0n) is 19.6. The van der Waals surface area contributed by atoms with Gasteiger partial charge in [-0.3, -0.25) is 4.79 Å². The number of hydrogen-bond donors (Lipinski definition) is 0. The van der Waals surface area contributed by atoms with Gasteiger partial charge in [-0.25, -0.2) is 4.98 Å². The Labute approximate surface area is 189 Å². The van der Waals surface area contributed by atoms with Crippen LogP contribution in [0.1, 0.15) is 22.3 Å². The number of methoxy groups -OCH3 is 1. The fourth-order valence-electron chi connectivity index (χ4n) is 4.27. The van der Waals surface area contributed by atoms with Gasteiger partial charge in [-0.15, -0.1) is 0 Å². The minimum absolute atomic E-state index is 0.0209. The van der Waals surface area contributed by atoms with Crippen molar-refractivity contribution in [2.24, 2.45) is 0 Å². The number of pyridine rings is 1. The van der Waals surface area contributed by atoms with Gasteiger partial charge in [-0.05, 0) is 68.1 Å². The van der Waals surface area contributed by atoms with Crippen molar-refractivity contribution in [3.05, 3.63) is 58.7 Å². The molecule has 2 aromatic carbocycles. The van der Waals surface area contributed by atoms with E-state index in [2.05, 4.69) is 36.9 Å². The highest BCUT2D eigenvalue weighted by molar-refractivity contribution is 5.89. The number of amides is 1. The van der Waals surface area contributed by atoms with Crippen molar-refractivity contribution >= 4 is 22.6 Å². The molecule has 1 saturated heterocycles. The van der Waals surface area contributed by atoms with Crippen LogP contribution in [-0.4, -0.2) is 55.7 Å². The number of ether oxygens (including phenoxy) is 2. The summed E-state index contributed by atoms with van der Waals surface area (Å²) in [7, 11) is 1.67. The lowest BCUT2D eigenvalue weighted by Gasteiger charge is -2.35. The molecule has 0 saturated carbocycles. The molecule has 6 heteroatoms.